The van der Waals surface area contributed by atoms with E-state index in [0.717, 1.165) is 18.9 Å². The van der Waals surface area contributed by atoms with E-state index in [2.05, 4.69) is 6.92 Å². The topological polar surface area (TPSA) is 17.1 Å². The van der Waals surface area contributed by atoms with Crippen molar-refractivity contribution in [1.29, 1.82) is 0 Å². The van der Waals surface area contributed by atoms with Gasteiger partial charge in [0.05, 0.1) is 0 Å². The third-order valence-corrected chi connectivity index (χ3v) is 3.71. The zero-order valence-electron chi connectivity index (χ0n) is 13.0. The Morgan fingerprint density at radius 3 is 2.19 bits per heavy atom. The minimum atomic E-state index is -0.626. The Hall–Kier alpha value is -1.25. The van der Waals surface area contributed by atoms with Crippen molar-refractivity contribution in [2.75, 3.05) is 0 Å². The quantitative estimate of drug-likeness (QED) is 0.485. The molecule has 0 N–H and O–H groups in total. The van der Waals surface area contributed by atoms with Crippen LogP contribution in [0.3, 0.4) is 0 Å². The number of carbonyl (C=O) groups is 1. The molecule has 0 spiro atoms. The number of benzene rings is 1. The first-order valence-corrected chi connectivity index (χ1v) is 8.09. The first-order chi connectivity index (χ1) is 10.1. The van der Waals surface area contributed by atoms with Gasteiger partial charge in [0.2, 0.25) is 0 Å². The summed E-state index contributed by atoms with van der Waals surface area (Å²) in [6, 6.07) is 3.39. The van der Waals surface area contributed by atoms with Crippen LogP contribution in [0.1, 0.15) is 70.3 Å². The van der Waals surface area contributed by atoms with Crippen molar-refractivity contribution in [3.8, 4) is 0 Å². The summed E-state index contributed by atoms with van der Waals surface area (Å²) in [5.41, 5.74) is 0.293. The van der Waals surface area contributed by atoms with Crippen LogP contribution in [0.2, 0.25) is 0 Å². The summed E-state index contributed by atoms with van der Waals surface area (Å²) in [5, 5.41) is 0. The Morgan fingerprint density at radius 2 is 1.57 bits per heavy atom. The highest BCUT2D eigenvalue weighted by atomic mass is 19.1. The summed E-state index contributed by atoms with van der Waals surface area (Å²) in [6.07, 6.45) is 10.0. The Bertz CT molecular complexity index is 429. The van der Waals surface area contributed by atoms with Gasteiger partial charge in [0.25, 0.3) is 0 Å². The molecule has 118 valence electrons. The summed E-state index contributed by atoms with van der Waals surface area (Å²) < 4.78 is 26.2. The predicted molar refractivity (Wildman–Crippen MR) is 82.3 cm³/mol. The largest absolute Gasteiger partial charge is 0.299 e. The fourth-order valence-electron chi connectivity index (χ4n) is 2.42. The van der Waals surface area contributed by atoms with Crippen LogP contribution < -0.4 is 0 Å². The molecule has 21 heavy (non-hydrogen) atoms. The molecule has 0 aliphatic heterocycles. The van der Waals surface area contributed by atoms with Crippen LogP contribution in [-0.4, -0.2) is 5.78 Å². The molecule has 0 fully saturated rings. The molecule has 0 atom stereocenters. The maximum atomic E-state index is 13.4. The first-order valence-electron chi connectivity index (χ1n) is 8.09. The fourth-order valence-corrected chi connectivity index (χ4v) is 2.42. The minimum absolute atomic E-state index is 0.0338. The van der Waals surface area contributed by atoms with Crippen molar-refractivity contribution >= 4 is 5.78 Å². The van der Waals surface area contributed by atoms with Crippen LogP contribution in [0.15, 0.2) is 18.2 Å². The standard InChI is InChI=1S/C18H26F2O/c1-2-3-4-5-6-7-8-9-10-17(21)13-15-11-12-16(19)14-18(15)20/h11-12,14H,2-10,13H2,1H3. The van der Waals surface area contributed by atoms with Gasteiger partial charge in [-0.1, -0.05) is 57.9 Å². The van der Waals surface area contributed by atoms with Crippen molar-refractivity contribution in [1.82, 2.24) is 0 Å². The van der Waals surface area contributed by atoms with Gasteiger partial charge in [0.1, 0.15) is 17.4 Å². The zero-order chi connectivity index (χ0) is 15.5. The van der Waals surface area contributed by atoms with E-state index < -0.39 is 11.6 Å². The Kier molecular flexibility index (Phi) is 8.88. The van der Waals surface area contributed by atoms with E-state index in [1.165, 1.54) is 50.7 Å². The van der Waals surface area contributed by atoms with Gasteiger partial charge in [0, 0.05) is 18.9 Å². The molecule has 0 aliphatic rings. The zero-order valence-corrected chi connectivity index (χ0v) is 13.0. The normalized spacial score (nSPS) is 10.8. The van der Waals surface area contributed by atoms with Gasteiger partial charge in [-0.25, -0.2) is 8.78 Å². The SMILES string of the molecule is CCCCCCCCCCC(=O)Cc1ccc(F)cc1F. The molecule has 1 rings (SSSR count). The molecule has 0 radical (unpaired) electrons. The van der Waals surface area contributed by atoms with Gasteiger partial charge >= 0.3 is 0 Å². The lowest BCUT2D eigenvalue weighted by Crippen LogP contribution is -2.04. The lowest BCUT2D eigenvalue weighted by Gasteiger charge is -2.04. The molecule has 0 bridgehead atoms. The molecule has 0 unspecified atom stereocenters. The van der Waals surface area contributed by atoms with Gasteiger partial charge in [-0.3, -0.25) is 4.79 Å². The van der Waals surface area contributed by atoms with Gasteiger partial charge in [-0.2, -0.15) is 0 Å². The molecule has 3 heteroatoms. The lowest BCUT2D eigenvalue weighted by atomic mass is 10.0. The Morgan fingerprint density at radius 1 is 0.952 bits per heavy atom. The van der Waals surface area contributed by atoms with Crippen molar-refractivity contribution < 1.29 is 13.6 Å². The first kappa shape index (κ1) is 17.8. The van der Waals surface area contributed by atoms with E-state index in [0.29, 0.717) is 12.0 Å². The van der Waals surface area contributed by atoms with Crippen LogP contribution in [0.5, 0.6) is 0 Å². The number of Topliss-reactive ketones (excluding diaryl/α,β-unsaturated/α-hetero) is 1. The Balaban J connectivity index is 2.11. The lowest BCUT2D eigenvalue weighted by molar-refractivity contribution is -0.118. The molecule has 0 aromatic heterocycles. The second-order valence-electron chi connectivity index (χ2n) is 5.68. The third kappa shape index (κ3) is 7.93. The van der Waals surface area contributed by atoms with E-state index in [4.69, 9.17) is 0 Å². The number of hydrogen-bond donors (Lipinski definition) is 0. The molecule has 1 aromatic carbocycles. The average molecular weight is 296 g/mol. The number of carbonyl (C=O) groups excluding carboxylic acids is 1. The number of ketones is 1. The van der Waals surface area contributed by atoms with Gasteiger partial charge in [-0.15, -0.1) is 0 Å². The van der Waals surface area contributed by atoms with Crippen LogP contribution in [0.25, 0.3) is 0 Å². The highest BCUT2D eigenvalue weighted by Crippen LogP contribution is 2.13. The second kappa shape index (κ2) is 10.5. The van der Waals surface area contributed by atoms with E-state index in [9.17, 15) is 13.6 Å². The maximum absolute atomic E-state index is 13.4. The van der Waals surface area contributed by atoms with Gasteiger partial charge in [0.15, 0.2) is 0 Å². The van der Waals surface area contributed by atoms with Crippen LogP contribution >= 0.6 is 0 Å². The Labute approximate surface area is 126 Å². The van der Waals surface area contributed by atoms with E-state index in [1.54, 1.807) is 0 Å². The van der Waals surface area contributed by atoms with Crippen LogP contribution in [0, 0.1) is 11.6 Å². The molecule has 0 saturated carbocycles. The van der Waals surface area contributed by atoms with E-state index in [1.807, 2.05) is 0 Å². The molecule has 1 aromatic rings. The van der Waals surface area contributed by atoms with Crippen LogP contribution in [0.4, 0.5) is 8.78 Å². The summed E-state index contributed by atoms with van der Waals surface area (Å²) in [6.45, 7) is 2.20. The molecule has 1 nitrogen and oxygen atoms in total. The molecular formula is C18H26F2O. The number of unbranched alkanes of at least 4 members (excludes halogenated alkanes) is 7. The minimum Gasteiger partial charge on any atom is -0.299 e. The number of rotatable bonds is 11. The van der Waals surface area contributed by atoms with Gasteiger partial charge < -0.3 is 0 Å². The summed E-state index contributed by atoms with van der Waals surface area (Å²) >= 11 is 0. The summed E-state index contributed by atoms with van der Waals surface area (Å²) in [4.78, 5) is 11.8. The van der Waals surface area contributed by atoms with Crippen molar-refractivity contribution in [2.45, 2.75) is 71.1 Å². The number of hydrogen-bond acceptors (Lipinski definition) is 1. The van der Waals surface area contributed by atoms with Crippen molar-refractivity contribution in [3.63, 3.8) is 0 Å². The van der Waals surface area contributed by atoms with Crippen molar-refractivity contribution in [2.24, 2.45) is 0 Å². The summed E-state index contributed by atoms with van der Waals surface area (Å²) in [5.74, 6) is -1.20. The molecule has 0 heterocycles. The van der Waals surface area contributed by atoms with Crippen molar-refractivity contribution in [3.05, 3.63) is 35.4 Å². The van der Waals surface area contributed by atoms with Crippen LogP contribution in [-0.2, 0) is 11.2 Å². The molecule has 0 saturated heterocycles. The molecular weight excluding hydrogens is 270 g/mol. The van der Waals surface area contributed by atoms with E-state index in [-0.39, 0.29) is 12.2 Å². The molecule has 0 aliphatic carbocycles. The number of halogens is 2. The third-order valence-electron chi connectivity index (χ3n) is 3.71. The average Bonchev–Trinajstić information content (AvgIpc) is 2.45. The summed E-state index contributed by atoms with van der Waals surface area (Å²) in [7, 11) is 0. The smallest absolute Gasteiger partial charge is 0.137 e. The monoisotopic (exact) mass is 296 g/mol. The predicted octanol–water partition coefficient (Wildman–Crippen LogP) is 5.61. The maximum Gasteiger partial charge on any atom is 0.137 e. The van der Waals surface area contributed by atoms with Gasteiger partial charge in [-0.05, 0) is 18.1 Å². The highest BCUT2D eigenvalue weighted by Gasteiger charge is 2.09. The second-order valence-corrected chi connectivity index (χ2v) is 5.68. The van der Waals surface area contributed by atoms with E-state index >= 15 is 0 Å². The highest BCUT2D eigenvalue weighted by molar-refractivity contribution is 5.80. The molecule has 0 amide bonds. The fraction of sp³-hybridized carbons (Fsp3) is 0.611.